The summed E-state index contributed by atoms with van der Waals surface area (Å²) >= 11 is 0. The van der Waals surface area contributed by atoms with Crippen molar-refractivity contribution in [3.8, 4) is 0 Å². The van der Waals surface area contributed by atoms with Crippen LogP contribution >= 0.6 is 0 Å². The van der Waals surface area contributed by atoms with E-state index in [1.54, 1.807) is 0 Å². The lowest BCUT2D eigenvalue weighted by molar-refractivity contribution is -0.153. The number of benzene rings is 1. The maximum Gasteiger partial charge on any atom is 0.311 e. The van der Waals surface area contributed by atoms with E-state index in [2.05, 4.69) is 0 Å². The summed E-state index contributed by atoms with van der Waals surface area (Å²) in [6.45, 7) is 3.77. The zero-order chi connectivity index (χ0) is 15.5. The average Bonchev–Trinajstić information content (AvgIpc) is 2.49. The predicted molar refractivity (Wildman–Crippen MR) is 81.9 cm³/mol. The van der Waals surface area contributed by atoms with E-state index in [4.69, 9.17) is 4.74 Å². The van der Waals surface area contributed by atoms with Crippen LogP contribution in [0.4, 0.5) is 0 Å². The topological polar surface area (TPSA) is 43.4 Å². The monoisotopic (exact) mass is 288 g/mol. The maximum absolute atomic E-state index is 12.4. The van der Waals surface area contributed by atoms with Crippen molar-refractivity contribution in [3.63, 3.8) is 0 Å². The van der Waals surface area contributed by atoms with E-state index in [1.165, 1.54) is 7.11 Å². The first kappa shape index (κ1) is 15.7. The molecule has 1 aliphatic rings. The summed E-state index contributed by atoms with van der Waals surface area (Å²) in [5, 5.41) is 0. The first-order valence-electron chi connectivity index (χ1n) is 7.64. The number of hydrogen-bond donors (Lipinski definition) is 0. The molecule has 21 heavy (non-hydrogen) atoms. The van der Waals surface area contributed by atoms with E-state index in [0.717, 1.165) is 24.8 Å². The Kier molecular flexibility index (Phi) is 4.81. The molecular weight excluding hydrogens is 264 g/mol. The Morgan fingerprint density at radius 2 is 1.90 bits per heavy atom. The summed E-state index contributed by atoms with van der Waals surface area (Å²) in [6, 6.07) is 9.90. The highest BCUT2D eigenvalue weighted by atomic mass is 16.5. The van der Waals surface area contributed by atoms with Gasteiger partial charge in [0.15, 0.2) is 0 Å². The number of ether oxygens (including phenoxy) is 1. The van der Waals surface area contributed by atoms with Crippen molar-refractivity contribution in [2.24, 2.45) is 11.3 Å². The lowest BCUT2D eigenvalue weighted by atomic mass is 9.64. The van der Waals surface area contributed by atoms with Gasteiger partial charge in [-0.25, -0.2) is 0 Å². The number of carbonyl (C=O) groups excluding carboxylic acids is 2. The van der Waals surface area contributed by atoms with Gasteiger partial charge in [-0.2, -0.15) is 0 Å². The fourth-order valence-electron chi connectivity index (χ4n) is 3.56. The van der Waals surface area contributed by atoms with Gasteiger partial charge in [-0.05, 0) is 32.3 Å². The van der Waals surface area contributed by atoms with Crippen LogP contribution in [0.2, 0.25) is 0 Å². The molecule has 1 fully saturated rings. The van der Waals surface area contributed by atoms with Gasteiger partial charge in [-0.3, -0.25) is 9.59 Å². The van der Waals surface area contributed by atoms with Crippen LogP contribution in [0.15, 0.2) is 30.3 Å². The van der Waals surface area contributed by atoms with E-state index in [0.29, 0.717) is 6.42 Å². The van der Waals surface area contributed by atoms with Gasteiger partial charge in [-0.1, -0.05) is 36.8 Å². The van der Waals surface area contributed by atoms with Gasteiger partial charge >= 0.3 is 5.97 Å². The molecule has 2 rings (SSSR count). The Morgan fingerprint density at radius 3 is 2.48 bits per heavy atom. The van der Waals surface area contributed by atoms with Crippen LogP contribution in [0, 0.1) is 11.3 Å². The van der Waals surface area contributed by atoms with Crippen LogP contribution in [0.5, 0.6) is 0 Å². The fraction of sp³-hybridized carbons (Fsp3) is 0.556. The maximum atomic E-state index is 12.4. The normalized spacial score (nSPS) is 20.9. The van der Waals surface area contributed by atoms with Crippen molar-refractivity contribution in [2.45, 2.75) is 45.4 Å². The minimum absolute atomic E-state index is 0.0877. The molecule has 0 amide bonds. The first-order valence-corrected chi connectivity index (χ1v) is 7.64. The van der Waals surface area contributed by atoms with Crippen molar-refractivity contribution in [2.75, 3.05) is 7.11 Å². The molecular formula is C18H24O3. The summed E-state index contributed by atoms with van der Waals surface area (Å²) in [5.74, 6) is -0.184. The smallest absolute Gasteiger partial charge is 0.311 e. The van der Waals surface area contributed by atoms with Crippen LogP contribution in [0.1, 0.15) is 51.0 Å². The van der Waals surface area contributed by atoms with Crippen LogP contribution in [-0.2, 0) is 14.3 Å². The third-order valence-electron chi connectivity index (χ3n) is 4.65. The second-order valence-corrected chi connectivity index (χ2v) is 6.42. The van der Waals surface area contributed by atoms with Gasteiger partial charge in [0.25, 0.3) is 0 Å². The Labute approximate surface area is 126 Å². The highest BCUT2D eigenvalue weighted by molar-refractivity contribution is 5.85. The molecule has 0 heterocycles. The number of carbonyl (C=O) groups is 2. The zero-order valence-electron chi connectivity index (χ0n) is 13.1. The van der Waals surface area contributed by atoms with E-state index < -0.39 is 5.41 Å². The molecule has 0 aliphatic heterocycles. The Hall–Kier alpha value is -1.64. The highest BCUT2D eigenvalue weighted by Crippen LogP contribution is 2.46. The molecule has 0 bridgehead atoms. The number of ketones is 1. The molecule has 0 spiro atoms. The summed E-state index contributed by atoms with van der Waals surface area (Å²) in [4.78, 5) is 24.7. The Balaban J connectivity index is 2.44. The molecule has 3 heteroatoms. The largest absolute Gasteiger partial charge is 0.469 e. The van der Waals surface area contributed by atoms with Gasteiger partial charge in [0, 0.05) is 18.3 Å². The van der Waals surface area contributed by atoms with E-state index >= 15 is 0 Å². The molecule has 2 atom stereocenters. The molecule has 1 aromatic carbocycles. The van der Waals surface area contributed by atoms with Gasteiger partial charge in [0.05, 0.1) is 12.5 Å². The Morgan fingerprint density at radius 1 is 1.24 bits per heavy atom. The van der Waals surface area contributed by atoms with Crippen molar-refractivity contribution in [1.29, 1.82) is 0 Å². The number of methoxy groups -OCH3 is 1. The van der Waals surface area contributed by atoms with Crippen LogP contribution in [-0.4, -0.2) is 18.9 Å². The minimum Gasteiger partial charge on any atom is -0.469 e. The van der Waals surface area contributed by atoms with Gasteiger partial charge in [0.2, 0.25) is 0 Å². The third kappa shape index (κ3) is 3.17. The number of Topliss-reactive ketones (excluding diaryl/α,β-unsaturated/α-hetero) is 1. The lowest BCUT2D eigenvalue weighted by Gasteiger charge is -2.38. The first-order chi connectivity index (χ1) is 9.98. The molecule has 0 aromatic heterocycles. The molecule has 114 valence electrons. The summed E-state index contributed by atoms with van der Waals surface area (Å²) in [7, 11) is 1.41. The fourth-order valence-corrected chi connectivity index (χ4v) is 3.56. The van der Waals surface area contributed by atoms with Crippen LogP contribution in [0.25, 0.3) is 0 Å². The lowest BCUT2D eigenvalue weighted by Crippen LogP contribution is -2.40. The number of rotatable bonds is 4. The van der Waals surface area contributed by atoms with Gasteiger partial charge in [0.1, 0.15) is 5.78 Å². The van der Waals surface area contributed by atoms with Crippen LogP contribution in [0.3, 0.4) is 0 Å². The van der Waals surface area contributed by atoms with Crippen molar-refractivity contribution in [1.82, 2.24) is 0 Å². The molecule has 2 unspecified atom stereocenters. The number of esters is 1. The minimum atomic E-state index is -0.715. The standard InChI is InChI=1S/C18H24O3/c1-18(2,17(20)21-3)16(13-9-5-4-6-10-13)14-11-7-8-12-15(14)19/h4-6,9-10,14,16H,7-8,11-12H2,1-3H3. The molecule has 3 nitrogen and oxygen atoms in total. The average molecular weight is 288 g/mol. The van der Waals surface area contributed by atoms with E-state index in [1.807, 2.05) is 44.2 Å². The predicted octanol–water partition coefficient (Wildman–Crippen LogP) is 3.73. The molecule has 0 saturated heterocycles. The zero-order valence-corrected chi connectivity index (χ0v) is 13.1. The molecule has 1 aliphatic carbocycles. The molecule has 0 radical (unpaired) electrons. The van der Waals surface area contributed by atoms with E-state index in [9.17, 15) is 9.59 Å². The second-order valence-electron chi connectivity index (χ2n) is 6.42. The Bertz CT molecular complexity index is 504. The second kappa shape index (κ2) is 6.42. The van der Waals surface area contributed by atoms with Gasteiger partial charge in [-0.15, -0.1) is 0 Å². The molecule has 1 saturated carbocycles. The molecule has 0 N–H and O–H groups in total. The number of hydrogen-bond acceptors (Lipinski definition) is 3. The third-order valence-corrected chi connectivity index (χ3v) is 4.65. The summed E-state index contributed by atoms with van der Waals surface area (Å²) in [6.07, 6.45) is 3.51. The van der Waals surface area contributed by atoms with Crippen molar-refractivity contribution in [3.05, 3.63) is 35.9 Å². The van der Waals surface area contributed by atoms with Crippen molar-refractivity contribution >= 4 is 11.8 Å². The SMILES string of the molecule is COC(=O)C(C)(C)C(c1ccccc1)C1CCCCC1=O. The quantitative estimate of drug-likeness (QED) is 0.793. The van der Waals surface area contributed by atoms with E-state index in [-0.39, 0.29) is 23.6 Å². The summed E-state index contributed by atoms with van der Waals surface area (Å²) in [5.41, 5.74) is 0.335. The van der Waals surface area contributed by atoms with Crippen molar-refractivity contribution < 1.29 is 14.3 Å². The highest BCUT2D eigenvalue weighted by Gasteiger charge is 2.45. The van der Waals surface area contributed by atoms with Gasteiger partial charge < -0.3 is 4.74 Å². The summed E-state index contributed by atoms with van der Waals surface area (Å²) < 4.78 is 4.99. The van der Waals surface area contributed by atoms with Crippen LogP contribution < -0.4 is 0 Å². The molecule has 1 aromatic rings.